The van der Waals surface area contributed by atoms with E-state index in [-0.39, 0.29) is 23.7 Å². The van der Waals surface area contributed by atoms with Gasteiger partial charge in [-0.25, -0.2) is 4.98 Å². The topological polar surface area (TPSA) is 112 Å². The van der Waals surface area contributed by atoms with Gasteiger partial charge in [0.2, 0.25) is 5.82 Å². The number of aromatic nitrogens is 1. The van der Waals surface area contributed by atoms with Crippen LogP contribution in [-0.2, 0) is 0 Å². The second-order valence-electron chi connectivity index (χ2n) is 4.64. The number of hydrogen-bond donors (Lipinski definition) is 2. The minimum absolute atomic E-state index is 0.0515. The molecule has 0 aliphatic rings. The number of nitrogens with one attached hydrogen (secondary N) is 1. The highest BCUT2D eigenvalue weighted by Gasteiger charge is 2.21. The molecule has 0 bridgehead atoms. The third kappa shape index (κ3) is 3.40. The number of nitrogens with zero attached hydrogens (tertiary/aromatic N) is 3. The Balaban J connectivity index is 2.96. The molecular formula is C11H14N4O3. The highest BCUT2D eigenvalue weighted by molar-refractivity contribution is 5.58. The van der Waals surface area contributed by atoms with Crippen molar-refractivity contribution in [2.24, 2.45) is 5.41 Å². The zero-order chi connectivity index (χ0) is 13.8. The van der Waals surface area contributed by atoms with Gasteiger partial charge in [0.05, 0.1) is 10.5 Å². The van der Waals surface area contributed by atoms with Gasteiger partial charge < -0.3 is 10.4 Å². The second-order valence-corrected chi connectivity index (χ2v) is 4.64. The summed E-state index contributed by atoms with van der Waals surface area (Å²) in [7, 11) is 0. The van der Waals surface area contributed by atoms with E-state index < -0.39 is 10.3 Å². The van der Waals surface area contributed by atoms with E-state index in [4.69, 9.17) is 10.4 Å². The molecule has 0 unspecified atom stereocenters. The molecule has 0 radical (unpaired) electrons. The molecule has 1 rings (SSSR count). The van der Waals surface area contributed by atoms with Crippen molar-refractivity contribution in [2.75, 3.05) is 18.5 Å². The first kappa shape index (κ1) is 13.9. The molecule has 0 aromatic carbocycles. The summed E-state index contributed by atoms with van der Waals surface area (Å²) in [5.41, 5.74) is -0.528. The molecule has 2 N–H and O–H groups in total. The molecule has 7 heteroatoms. The molecule has 0 spiro atoms. The van der Waals surface area contributed by atoms with Gasteiger partial charge in [0.1, 0.15) is 6.07 Å². The van der Waals surface area contributed by atoms with E-state index in [0.29, 0.717) is 6.54 Å². The quantitative estimate of drug-likeness (QED) is 0.601. The molecule has 0 saturated carbocycles. The van der Waals surface area contributed by atoms with E-state index in [0.717, 1.165) is 0 Å². The second kappa shape index (κ2) is 5.42. The number of pyridine rings is 1. The van der Waals surface area contributed by atoms with E-state index in [1.165, 1.54) is 12.3 Å². The summed E-state index contributed by atoms with van der Waals surface area (Å²) in [4.78, 5) is 14.1. The smallest absolute Gasteiger partial charge is 0.312 e. The molecule has 1 aromatic rings. The Hall–Kier alpha value is -2.20. The standard InChI is InChI=1S/C11H14N4O3/c1-11(2,7-16)6-14-10-9(15(17)18)3-8(4-12)5-13-10/h3,5,16H,6-7H2,1-2H3,(H,13,14). The molecule has 0 aliphatic heterocycles. The van der Waals surface area contributed by atoms with Crippen LogP contribution in [-0.4, -0.2) is 28.2 Å². The lowest BCUT2D eigenvalue weighted by molar-refractivity contribution is -0.384. The van der Waals surface area contributed by atoms with Crippen LogP contribution in [0.1, 0.15) is 19.4 Å². The molecule has 1 heterocycles. The van der Waals surface area contributed by atoms with Gasteiger partial charge in [-0.2, -0.15) is 5.26 Å². The molecular weight excluding hydrogens is 236 g/mol. The van der Waals surface area contributed by atoms with E-state index in [9.17, 15) is 10.1 Å². The highest BCUT2D eigenvalue weighted by Crippen LogP contribution is 2.24. The maximum absolute atomic E-state index is 10.9. The lowest BCUT2D eigenvalue weighted by atomic mass is 9.95. The van der Waals surface area contributed by atoms with Crippen LogP contribution in [0.2, 0.25) is 0 Å². The van der Waals surface area contributed by atoms with Gasteiger partial charge in [0.25, 0.3) is 0 Å². The monoisotopic (exact) mass is 250 g/mol. The summed E-state index contributed by atoms with van der Waals surface area (Å²) in [5.74, 6) is 0.0977. The Labute approximate surface area is 104 Å². The number of aliphatic hydroxyl groups excluding tert-OH is 1. The number of hydrogen-bond acceptors (Lipinski definition) is 6. The largest absolute Gasteiger partial charge is 0.396 e. The average Bonchev–Trinajstić information content (AvgIpc) is 2.36. The third-order valence-corrected chi connectivity index (χ3v) is 2.36. The van der Waals surface area contributed by atoms with Crippen LogP contribution >= 0.6 is 0 Å². The van der Waals surface area contributed by atoms with Crippen molar-refractivity contribution in [3.63, 3.8) is 0 Å². The first-order valence-electron chi connectivity index (χ1n) is 5.29. The van der Waals surface area contributed by atoms with Gasteiger partial charge in [-0.05, 0) is 0 Å². The van der Waals surface area contributed by atoms with Crippen LogP contribution in [0.15, 0.2) is 12.3 Å². The fraction of sp³-hybridized carbons (Fsp3) is 0.455. The summed E-state index contributed by atoms with van der Waals surface area (Å²) in [6.07, 6.45) is 1.27. The Morgan fingerprint density at radius 1 is 1.67 bits per heavy atom. The fourth-order valence-electron chi connectivity index (χ4n) is 1.17. The molecule has 0 atom stereocenters. The van der Waals surface area contributed by atoms with E-state index in [2.05, 4.69) is 10.3 Å². The predicted octanol–water partition coefficient (Wildman–Crippen LogP) is 1.29. The van der Waals surface area contributed by atoms with Gasteiger partial charge >= 0.3 is 5.69 Å². The van der Waals surface area contributed by atoms with Crippen LogP contribution in [0, 0.1) is 26.9 Å². The summed E-state index contributed by atoms with van der Waals surface area (Å²) in [5, 5.41) is 31.4. The van der Waals surface area contributed by atoms with Crippen LogP contribution in [0.25, 0.3) is 0 Å². The highest BCUT2D eigenvalue weighted by atomic mass is 16.6. The average molecular weight is 250 g/mol. The van der Waals surface area contributed by atoms with Crippen molar-refractivity contribution >= 4 is 11.5 Å². The van der Waals surface area contributed by atoms with E-state index >= 15 is 0 Å². The minimum Gasteiger partial charge on any atom is -0.396 e. The molecule has 96 valence electrons. The van der Waals surface area contributed by atoms with Gasteiger partial charge in [0, 0.05) is 30.8 Å². The Morgan fingerprint density at radius 3 is 2.83 bits per heavy atom. The molecule has 7 nitrogen and oxygen atoms in total. The maximum Gasteiger partial charge on any atom is 0.312 e. The minimum atomic E-state index is -0.595. The van der Waals surface area contributed by atoms with Gasteiger partial charge in [-0.15, -0.1) is 0 Å². The molecule has 0 saturated heterocycles. The SMILES string of the molecule is CC(C)(CO)CNc1ncc(C#N)cc1[N+](=O)[O-]. The van der Waals surface area contributed by atoms with Crippen molar-refractivity contribution in [1.29, 1.82) is 5.26 Å². The van der Waals surface area contributed by atoms with Crippen LogP contribution in [0.3, 0.4) is 0 Å². The van der Waals surface area contributed by atoms with Crippen LogP contribution in [0.4, 0.5) is 11.5 Å². The molecule has 0 aliphatic carbocycles. The summed E-state index contributed by atoms with van der Waals surface area (Å²) < 4.78 is 0. The summed E-state index contributed by atoms with van der Waals surface area (Å²) >= 11 is 0. The van der Waals surface area contributed by atoms with E-state index in [1.807, 2.05) is 13.8 Å². The molecule has 0 amide bonds. The number of rotatable bonds is 5. The van der Waals surface area contributed by atoms with Gasteiger partial charge in [-0.3, -0.25) is 10.1 Å². The van der Waals surface area contributed by atoms with Crippen molar-refractivity contribution in [3.05, 3.63) is 27.9 Å². The number of nitro groups is 1. The van der Waals surface area contributed by atoms with Gasteiger partial charge in [0.15, 0.2) is 0 Å². The molecule has 1 aromatic heterocycles. The first-order chi connectivity index (χ1) is 8.39. The first-order valence-corrected chi connectivity index (χ1v) is 5.29. The summed E-state index contributed by atoms with van der Waals surface area (Å²) in [6, 6.07) is 2.97. The normalized spacial score (nSPS) is 10.8. The van der Waals surface area contributed by atoms with Crippen molar-refractivity contribution in [1.82, 2.24) is 4.98 Å². The number of nitriles is 1. The zero-order valence-electron chi connectivity index (χ0n) is 10.2. The summed E-state index contributed by atoms with van der Waals surface area (Å²) in [6.45, 7) is 3.91. The van der Waals surface area contributed by atoms with Crippen LogP contribution < -0.4 is 5.32 Å². The maximum atomic E-state index is 10.9. The molecule has 18 heavy (non-hydrogen) atoms. The Kier molecular flexibility index (Phi) is 4.18. The van der Waals surface area contributed by atoms with Crippen molar-refractivity contribution < 1.29 is 10.0 Å². The number of anilines is 1. The molecule has 0 fully saturated rings. The Bertz CT molecular complexity index is 494. The lowest BCUT2D eigenvalue weighted by Crippen LogP contribution is -2.27. The Morgan fingerprint density at radius 2 is 2.33 bits per heavy atom. The fourth-order valence-corrected chi connectivity index (χ4v) is 1.17. The van der Waals surface area contributed by atoms with Crippen molar-refractivity contribution in [2.45, 2.75) is 13.8 Å². The van der Waals surface area contributed by atoms with Crippen LogP contribution in [0.5, 0.6) is 0 Å². The van der Waals surface area contributed by atoms with Crippen molar-refractivity contribution in [3.8, 4) is 6.07 Å². The predicted molar refractivity (Wildman–Crippen MR) is 65.0 cm³/mol. The zero-order valence-corrected chi connectivity index (χ0v) is 10.2. The van der Waals surface area contributed by atoms with Gasteiger partial charge in [-0.1, -0.05) is 13.8 Å². The number of aliphatic hydroxyl groups is 1. The third-order valence-electron chi connectivity index (χ3n) is 2.36. The lowest BCUT2D eigenvalue weighted by Gasteiger charge is -2.21. The van der Waals surface area contributed by atoms with E-state index in [1.54, 1.807) is 6.07 Å².